The van der Waals surface area contributed by atoms with E-state index in [1.54, 1.807) is 11.6 Å². The molecule has 1 amide bonds. The number of rotatable bonds is 9. The van der Waals surface area contributed by atoms with Gasteiger partial charge >= 0.3 is 0 Å². The van der Waals surface area contributed by atoms with Gasteiger partial charge in [0.2, 0.25) is 5.91 Å². The average molecular weight is 444 g/mol. The van der Waals surface area contributed by atoms with E-state index in [1.165, 1.54) is 17.3 Å². The van der Waals surface area contributed by atoms with E-state index in [1.807, 2.05) is 13.8 Å². The van der Waals surface area contributed by atoms with Gasteiger partial charge < -0.3 is 5.32 Å². The number of hydrogen-bond acceptors (Lipinski definition) is 4. The average Bonchev–Trinajstić information content (AvgIpc) is 2.72. The number of aryl methyl sites for hydroxylation is 1. The molecule has 1 N–H and O–H groups in total. The van der Waals surface area contributed by atoms with Crippen LogP contribution in [0.2, 0.25) is 0 Å². The zero-order chi connectivity index (χ0) is 23.2. The van der Waals surface area contributed by atoms with Gasteiger partial charge in [-0.1, -0.05) is 76.6 Å². The molecule has 0 radical (unpaired) electrons. The van der Waals surface area contributed by atoms with Crippen molar-refractivity contribution in [1.82, 2.24) is 14.9 Å². The van der Waals surface area contributed by atoms with Gasteiger partial charge in [0.25, 0.3) is 5.56 Å². The Morgan fingerprint density at radius 2 is 1.84 bits per heavy atom. The minimum Gasteiger partial charge on any atom is -0.355 e. The van der Waals surface area contributed by atoms with Crippen molar-refractivity contribution < 1.29 is 4.79 Å². The van der Waals surface area contributed by atoms with Crippen LogP contribution < -0.4 is 10.9 Å². The Morgan fingerprint density at radius 3 is 2.42 bits per heavy atom. The van der Waals surface area contributed by atoms with Gasteiger partial charge in [0.15, 0.2) is 5.16 Å². The molecule has 0 aliphatic rings. The summed E-state index contributed by atoms with van der Waals surface area (Å²) in [6.45, 7) is 13.1. The third kappa shape index (κ3) is 6.96. The van der Waals surface area contributed by atoms with Gasteiger partial charge in [0.05, 0.1) is 5.25 Å². The molecule has 0 saturated carbocycles. The molecule has 2 rings (SSSR count). The number of carbonyl (C=O) groups is 1. The van der Waals surface area contributed by atoms with E-state index in [4.69, 9.17) is 0 Å². The fourth-order valence-corrected chi connectivity index (χ4v) is 4.24. The van der Waals surface area contributed by atoms with E-state index in [0.717, 1.165) is 30.5 Å². The molecule has 2 aromatic rings. The Morgan fingerprint density at radius 1 is 1.19 bits per heavy atom. The van der Waals surface area contributed by atoms with Crippen LogP contribution in [0.5, 0.6) is 0 Å². The third-order valence-electron chi connectivity index (χ3n) is 5.48. The molecule has 0 aliphatic carbocycles. The van der Waals surface area contributed by atoms with Crippen LogP contribution >= 0.6 is 11.8 Å². The van der Waals surface area contributed by atoms with Crippen LogP contribution in [0.25, 0.3) is 0 Å². The number of benzene rings is 1. The van der Waals surface area contributed by atoms with Crippen LogP contribution in [-0.4, -0.2) is 27.3 Å². The first-order valence-electron chi connectivity index (χ1n) is 11.1. The summed E-state index contributed by atoms with van der Waals surface area (Å²) in [5.74, 6) is -0.0176. The molecule has 0 bridgehead atoms. The highest BCUT2D eigenvalue weighted by atomic mass is 32.2. The summed E-state index contributed by atoms with van der Waals surface area (Å²) in [6, 6.07) is 8.45. The lowest BCUT2D eigenvalue weighted by Gasteiger charge is -2.19. The molecule has 0 spiro atoms. The van der Waals surface area contributed by atoms with Crippen LogP contribution in [-0.2, 0) is 23.7 Å². The molecule has 170 valence electrons. The van der Waals surface area contributed by atoms with E-state index >= 15 is 0 Å². The van der Waals surface area contributed by atoms with E-state index in [2.05, 4.69) is 62.3 Å². The summed E-state index contributed by atoms with van der Waals surface area (Å²) in [5, 5.41) is 3.23. The molecule has 0 saturated heterocycles. The van der Waals surface area contributed by atoms with Gasteiger partial charge in [-0.25, -0.2) is 4.98 Å². The lowest BCUT2D eigenvalue weighted by Crippen LogP contribution is -2.33. The summed E-state index contributed by atoms with van der Waals surface area (Å²) in [7, 11) is 1.73. The molecule has 1 aromatic heterocycles. The molecule has 1 unspecified atom stereocenters. The van der Waals surface area contributed by atoms with Crippen LogP contribution in [0.15, 0.2) is 34.2 Å². The minimum atomic E-state index is -0.310. The lowest BCUT2D eigenvalue weighted by atomic mass is 9.86. The number of nitrogens with one attached hydrogen (secondary N) is 1. The molecule has 6 heteroatoms. The van der Waals surface area contributed by atoms with Crippen molar-refractivity contribution in [3.8, 4) is 0 Å². The number of carbonyl (C=O) groups excluding carboxylic acids is 1. The molecule has 0 fully saturated rings. The fourth-order valence-electron chi connectivity index (χ4n) is 3.31. The van der Waals surface area contributed by atoms with Crippen LogP contribution in [0, 0.1) is 6.92 Å². The topological polar surface area (TPSA) is 64.0 Å². The largest absolute Gasteiger partial charge is 0.355 e. The highest BCUT2D eigenvalue weighted by Crippen LogP contribution is 2.24. The van der Waals surface area contributed by atoms with Crippen LogP contribution in [0.3, 0.4) is 0 Å². The molecule has 1 heterocycles. The first-order valence-corrected chi connectivity index (χ1v) is 12.0. The van der Waals surface area contributed by atoms with Crippen molar-refractivity contribution in [2.45, 2.75) is 83.0 Å². The Bertz CT molecular complexity index is 943. The van der Waals surface area contributed by atoms with Gasteiger partial charge in [0, 0.05) is 31.3 Å². The van der Waals surface area contributed by atoms with Crippen molar-refractivity contribution in [2.75, 3.05) is 6.54 Å². The number of unbranched alkanes of at least 4 members (excludes halogenated alkanes) is 2. The summed E-state index contributed by atoms with van der Waals surface area (Å²) < 4.78 is 1.57. The van der Waals surface area contributed by atoms with Crippen molar-refractivity contribution in [3.05, 3.63) is 57.0 Å². The zero-order valence-corrected chi connectivity index (χ0v) is 20.9. The minimum absolute atomic E-state index is 0.0176. The first kappa shape index (κ1) is 25.2. The molecule has 31 heavy (non-hydrogen) atoms. The van der Waals surface area contributed by atoms with E-state index < -0.39 is 0 Å². The lowest BCUT2D eigenvalue weighted by molar-refractivity contribution is -0.120. The second-order valence-corrected chi connectivity index (χ2v) is 10.5. The number of nitrogens with zero attached hydrogens (tertiary/aromatic N) is 2. The molecule has 5 nitrogen and oxygen atoms in total. The summed E-state index contributed by atoms with van der Waals surface area (Å²) in [4.78, 5) is 30.1. The quantitative estimate of drug-likeness (QED) is 0.345. The van der Waals surface area contributed by atoms with Crippen molar-refractivity contribution in [3.63, 3.8) is 0 Å². The van der Waals surface area contributed by atoms with Crippen LogP contribution in [0.4, 0.5) is 0 Å². The normalized spacial score (nSPS) is 12.6. The van der Waals surface area contributed by atoms with Gasteiger partial charge in [0.1, 0.15) is 0 Å². The third-order valence-corrected chi connectivity index (χ3v) is 6.63. The number of aromatic nitrogens is 2. The van der Waals surface area contributed by atoms with E-state index in [0.29, 0.717) is 23.7 Å². The summed E-state index contributed by atoms with van der Waals surface area (Å²) in [6.07, 6.45) is 3.77. The van der Waals surface area contributed by atoms with Crippen molar-refractivity contribution in [2.24, 2.45) is 7.05 Å². The Balaban J connectivity index is 2.13. The Kier molecular flexibility index (Phi) is 8.92. The van der Waals surface area contributed by atoms with Gasteiger partial charge in [-0.3, -0.25) is 14.2 Å². The number of amides is 1. The SMILES string of the molecule is CCCCCNC(=O)C(C)Sc1nc(C)c(Cc2ccc(C(C)(C)C)cc2)c(=O)n1C. The number of thioether (sulfide) groups is 1. The molecule has 1 aromatic carbocycles. The van der Waals surface area contributed by atoms with E-state index in [9.17, 15) is 9.59 Å². The predicted molar refractivity (Wildman–Crippen MR) is 130 cm³/mol. The molecule has 0 aliphatic heterocycles. The predicted octanol–water partition coefficient (Wildman–Crippen LogP) is 4.76. The monoisotopic (exact) mass is 443 g/mol. The molecular weight excluding hydrogens is 406 g/mol. The Labute approximate surface area is 191 Å². The highest BCUT2D eigenvalue weighted by Gasteiger charge is 2.19. The van der Waals surface area contributed by atoms with Crippen LogP contribution in [0.1, 0.15) is 76.3 Å². The Hall–Kier alpha value is -2.08. The maximum Gasteiger partial charge on any atom is 0.257 e. The maximum absolute atomic E-state index is 13.0. The molecular formula is C25H37N3O2S. The van der Waals surface area contributed by atoms with Gasteiger partial charge in [-0.05, 0) is 36.8 Å². The van der Waals surface area contributed by atoms with Gasteiger partial charge in [-0.15, -0.1) is 0 Å². The smallest absolute Gasteiger partial charge is 0.257 e. The molecule has 1 atom stereocenters. The van der Waals surface area contributed by atoms with Gasteiger partial charge in [-0.2, -0.15) is 0 Å². The second-order valence-electron chi connectivity index (χ2n) is 9.20. The second kappa shape index (κ2) is 11.0. The van der Waals surface area contributed by atoms with Crippen molar-refractivity contribution >= 4 is 17.7 Å². The maximum atomic E-state index is 13.0. The standard InChI is InChI=1S/C25H37N3O2S/c1-8-9-10-15-26-22(29)18(3)31-24-27-17(2)21(23(30)28(24)7)16-19-11-13-20(14-12-19)25(4,5)6/h11-14,18H,8-10,15-16H2,1-7H3,(H,26,29). The summed E-state index contributed by atoms with van der Waals surface area (Å²) >= 11 is 1.33. The summed E-state index contributed by atoms with van der Waals surface area (Å²) in [5.41, 5.74) is 3.84. The fraction of sp³-hybridized carbons (Fsp3) is 0.560. The number of hydrogen-bond donors (Lipinski definition) is 1. The highest BCUT2D eigenvalue weighted by molar-refractivity contribution is 8.00. The van der Waals surface area contributed by atoms with E-state index in [-0.39, 0.29) is 22.1 Å². The zero-order valence-electron chi connectivity index (χ0n) is 20.0. The van der Waals surface area contributed by atoms with Crippen molar-refractivity contribution in [1.29, 1.82) is 0 Å². The first-order chi connectivity index (χ1) is 14.5.